The topological polar surface area (TPSA) is 37.8 Å². The van der Waals surface area contributed by atoms with Crippen molar-refractivity contribution in [1.29, 1.82) is 0 Å². The number of anilines is 1. The molecule has 0 bridgehead atoms. The molecule has 4 heteroatoms. The normalized spacial score (nSPS) is 10.6. The molecule has 0 spiro atoms. The summed E-state index contributed by atoms with van der Waals surface area (Å²) in [5.74, 6) is 0.749. The van der Waals surface area contributed by atoms with E-state index in [-0.39, 0.29) is 0 Å². The summed E-state index contributed by atoms with van der Waals surface area (Å²) in [7, 11) is 0. The molecule has 0 fully saturated rings. The Morgan fingerprint density at radius 1 is 0.947 bits per heavy atom. The summed E-state index contributed by atoms with van der Waals surface area (Å²) >= 11 is 6.11. The first-order chi connectivity index (χ1) is 9.33. The van der Waals surface area contributed by atoms with Crippen LogP contribution in [0.15, 0.2) is 54.7 Å². The largest absolute Gasteiger partial charge is 0.365 e. The lowest BCUT2D eigenvalue weighted by Crippen LogP contribution is -2.02. The van der Waals surface area contributed by atoms with E-state index in [4.69, 9.17) is 11.6 Å². The van der Waals surface area contributed by atoms with Gasteiger partial charge in [0.15, 0.2) is 0 Å². The molecular weight excluding hydrogens is 258 g/mol. The van der Waals surface area contributed by atoms with E-state index in [9.17, 15) is 0 Å². The smallest absolute Gasteiger partial charge is 0.145 e. The van der Waals surface area contributed by atoms with E-state index in [0.29, 0.717) is 6.54 Å². The zero-order valence-corrected chi connectivity index (χ0v) is 10.9. The minimum absolute atomic E-state index is 0.632. The van der Waals surface area contributed by atoms with Gasteiger partial charge in [0.2, 0.25) is 0 Å². The Bertz CT molecular complexity index is 712. The highest BCUT2D eigenvalue weighted by Crippen LogP contribution is 2.17. The fourth-order valence-corrected chi connectivity index (χ4v) is 2.07. The molecule has 0 saturated carbocycles. The predicted molar refractivity (Wildman–Crippen MR) is 78.3 cm³/mol. The summed E-state index contributed by atoms with van der Waals surface area (Å²) in [5, 5.41) is 3.99. The average Bonchev–Trinajstić information content (AvgIpc) is 2.46. The zero-order valence-electron chi connectivity index (χ0n) is 10.2. The van der Waals surface area contributed by atoms with Crippen LogP contribution < -0.4 is 5.32 Å². The van der Waals surface area contributed by atoms with Crippen LogP contribution in [0.25, 0.3) is 11.0 Å². The second-order valence-corrected chi connectivity index (χ2v) is 4.60. The Balaban J connectivity index is 1.80. The number of aromatic nitrogens is 2. The number of benzene rings is 2. The number of para-hydroxylation sites is 2. The number of fused-ring (bicyclic) bond motifs is 1. The van der Waals surface area contributed by atoms with E-state index in [1.807, 2.05) is 48.5 Å². The van der Waals surface area contributed by atoms with E-state index in [0.717, 1.165) is 27.4 Å². The molecule has 2 aromatic carbocycles. The van der Waals surface area contributed by atoms with Gasteiger partial charge in [0.25, 0.3) is 0 Å². The minimum Gasteiger partial charge on any atom is -0.365 e. The molecule has 0 radical (unpaired) electrons. The SMILES string of the molecule is Clc1ccccc1CNc1cnc2ccccc2n1. The molecule has 0 aliphatic heterocycles. The number of rotatable bonds is 3. The summed E-state index contributed by atoms with van der Waals surface area (Å²) in [6.07, 6.45) is 1.74. The number of nitrogens with one attached hydrogen (secondary N) is 1. The number of halogens is 1. The molecule has 1 heterocycles. The lowest BCUT2D eigenvalue weighted by atomic mass is 10.2. The van der Waals surface area contributed by atoms with Crippen LogP contribution in [0.1, 0.15) is 5.56 Å². The lowest BCUT2D eigenvalue weighted by molar-refractivity contribution is 1.11. The minimum atomic E-state index is 0.632. The van der Waals surface area contributed by atoms with E-state index in [1.54, 1.807) is 6.20 Å². The third-order valence-corrected chi connectivity index (χ3v) is 3.24. The van der Waals surface area contributed by atoms with Crippen molar-refractivity contribution in [3.05, 3.63) is 65.3 Å². The lowest BCUT2D eigenvalue weighted by Gasteiger charge is -2.07. The van der Waals surface area contributed by atoms with E-state index < -0.39 is 0 Å². The molecule has 3 aromatic rings. The van der Waals surface area contributed by atoms with Crippen molar-refractivity contribution in [2.75, 3.05) is 5.32 Å². The van der Waals surface area contributed by atoms with Gasteiger partial charge in [0, 0.05) is 11.6 Å². The molecule has 0 atom stereocenters. The first-order valence-corrected chi connectivity index (χ1v) is 6.40. The van der Waals surface area contributed by atoms with E-state index >= 15 is 0 Å². The first kappa shape index (κ1) is 11.9. The average molecular weight is 270 g/mol. The van der Waals surface area contributed by atoms with Crippen LogP contribution in [0, 0.1) is 0 Å². The second-order valence-electron chi connectivity index (χ2n) is 4.19. The summed E-state index contributed by atoms with van der Waals surface area (Å²) in [6.45, 7) is 0.632. The van der Waals surface area contributed by atoms with Gasteiger partial charge in [-0.3, -0.25) is 4.98 Å². The molecule has 1 aromatic heterocycles. The van der Waals surface area contributed by atoms with Gasteiger partial charge in [0.05, 0.1) is 17.2 Å². The maximum Gasteiger partial charge on any atom is 0.145 e. The third-order valence-electron chi connectivity index (χ3n) is 2.87. The first-order valence-electron chi connectivity index (χ1n) is 6.02. The van der Waals surface area contributed by atoms with Gasteiger partial charge < -0.3 is 5.32 Å². The molecule has 0 amide bonds. The van der Waals surface area contributed by atoms with Crippen LogP contribution in [0.3, 0.4) is 0 Å². The van der Waals surface area contributed by atoms with Crippen LogP contribution in [0.2, 0.25) is 5.02 Å². The molecule has 0 saturated heterocycles. The van der Waals surface area contributed by atoms with Crippen molar-refractivity contribution < 1.29 is 0 Å². The Morgan fingerprint density at radius 3 is 2.53 bits per heavy atom. The van der Waals surface area contributed by atoms with Gasteiger partial charge >= 0.3 is 0 Å². The Kier molecular flexibility index (Phi) is 3.29. The predicted octanol–water partition coefficient (Wildman–Crippen LogP) is 3.90. The Hall–Kier alpha value is -2.13. The van der Waals surface area contributed by atoms with Gasteiger partial charge in [-0.2, -0.15) is 0 Å². The van der Waals surface area contributed by atoms with Crippen LogP contribution in [-0.4, -0.2) is 9.97 Å². The van der Waals surface area contributed by atoms with Gasteiger partial charge in [-0.15, -0.1) is 0 Å². The van der Waals surface area contributed by atoms with E-state index in [1.165, 1.54) is 0 Å². The fraction of sp³-hybridized carbons (Fsp3) is 0.0667. The van der Waals surface area contributed by atoms with Crippen molar-refractivity contribution >= 4 is 28.5 Å². The molecule has 94 valence electrons. The van der Waals surface area contributed by atoms with Crippen LogP contribution in [-0.2, 0) is 6.54 Å². The third kappa shape index (κ3) is 2.66. The second kappa shape index (κ2) is 5.24. The molecule has 0 unspecified atom stereocenters. The molecule has 3 nitrogen and oxygen atoms in total. The molecule has 1 N–H and O–H groups in total. The van der Waals surface area contributed by atoms with Crippen LogP contribution >= 0.6 is 11.6 Å². The number of hydrogen-bond acceptors (Lipinski definition) is 3. The quantitative estimate of drug-likeness (QED) is 0.784. The highest BCUT2D eigenvalue weighted by molar-refractivity contribution is 6.31. The summed E-state index contributed by atoms with van der Waals surface area (Å²) in [5.41, 5.74) is 2.82. The van der Waals surface area contributed by atoms with Crippen molar-refractivity contribution in [1.82, 2.24) is 9.97 Å². The highest BCUT2D eigenvalue weighted by Gasteiger charge is 2.01. The molecule has 0 aliphatic carbocycles. The highest BCUT2D eigenvalue weighted by atomic mass is 35.5. The molecular formula is C15H12ClN3. The number of nitrogens with zero attached hydrogens (tertiary/aromatic N) is 2. The van der Waals surface area contributed by atoms with Crippen molar-refractivity contribution in [3.63, 3.8) is 0 Å². The molecule has 19 heavy (non-hydrogen) atoms. The molecule has 3 rings (SSSR count). The van der Waals surface area contributed by atoms with Gasteiger partial charge in [-0.05, 0) is 23.8 Å². The maximum atomic E-state index is 6.11. The van der Waals surface area contributed by atoms with Gasteiger partial charge in [-0.25, -0.2) is 4.98 Å². The van der Waals surface area contributed by atoms with Crippen molar-refractivity contribution in [3.8, 4) is 0 Å². The summed E-state index contributed by atoms with van der Waals surface area (Å²) < 4.78 is 0. The summed E-state index contributed by atoms with van der Waals surface area (Å²) in [6, 6.07) is 15.6. The summed E-state index contributed by atoms with van der Waals surface area (Å²) in [4.78, 5) is 8.86. The standard InChI is InChI=1S/C15H12ClN3/c16-12-6-2-1-5-11(12)9-18-15-10-17-13-7-3-4-8-14(13)19-15/h1-8,10H,9H2,(H,18,19). The molecule has 0 aliphatic rings. The number of hydrogen-bond donors (Lipinski definition) is 1. The Labute approximate surface area is 116 Å². The van der Waals surface area contributed by atoms with Crippen LogP contribution in [0.5, 0.6) is 0 Å². The maximum absolute atomic E-state index is 6.11. The van der Waals surface area contributed by atoms with E-state index in [2.05, 4.69) is 15.3 Å². The van der Waals surface area contributed by atoms with Crippen molar-refractivity contribution in [2.45, 2.75) is 6.54 Å². The van der Waals surface area contributed by atoms with Gasteiger partial charge in [0.1, 0.15) is 5.82 Å². The van der Waals surface area contributed by atoms with Crippen molar-refractivity contribution in [2.24, 2.45) is 0 Å². The van der Waals surface area contributed by atoms with Gasteiger partial charge in [-0.1, -0.05) is 41.9 Å². The Morgan fingerprint density at radius 2 is 1.68 bits per heavy atom. The fourth-order valence-electron chi connectivity index (χ4n) is 1.87. The monoisotopic (exact) mass is 269 g/mol. The zero-order chi connectivity index (χ0) is 13.1. The van der Waals surface area contributed by atoms with Crippen LogP contribution in [0.4, 0.5) is 5.82 Å².